The third-order valence-electron chi connectivity index (χ3n) is 3.05. The molecule has 2 aromatic rings. The van der Waals surface area contributed by atoms with Gasteiger partial charge in [-0.2, -0.15) is 0 Å². The topological polar surface area (TPSA) is 26.3 Å². The van der Waals surface area contributed by atoms with Crippen molar-refractivity contribution in [1.29, 1.82) is 0 Å². The zero-order valence-electron chi connectivity index (χ0n) is 10.8. The van der Waals surface area contributed by atoms with Crippen molar-refractivity contribution < 1.29 is 13.9 Å². The van der Waals surface area contributed by atoms with Gasteiger partial charge < -0.3 is 4.74 Å². The number of ether oxygens (including phenoxy) is 1. The summed E-state index contributed by atoms with van der Waals surface area (Å²) in [7, 11) is 0. The maximum atomic E-state index is 12.9. The van der Waals surface area contributed by atoms with E-state index in [0.717, 1.165) is 5.56 Å². The first-order chi connectivity index (χ1) is 10.1. The predicted octanol–water partition coefficient (Wildman–Crippen LogP) is 4.46. The quantitative estimate of drug-likeness (QED) is 0.604. The van der Waals surface area contributed by atoms with E-state index in [1.54, 1.807) is 36.4 Å². The zero-order chi connectivity index (χ0) is 14.8. The molecule has 2 aromatic carbocycles. The summed E-state index contributed by atoms with van der Waals surface area (Å²) >= 11 is 5.82. The fourth-order valence-corrected chi connectivity index (χ4v) is 2.11. The van der Waals surface area contributed by atoms with Crippen LogP contribution in [0.25, 0.3) is 11.8 Å². The summed E-state index contributed by atoms with van der Waals surface area (Å²) < 4.78 is 18.1. The Hall–Kier alpha value is -2.39. The van der Waals surface area contributed by atoms with Crippen LogP contribution in [-0.2, 0) is 9.53 Å². The normalized spacial score (nSPS) is 16.0. The van der Waals surface area contributed by atoms with Crippen molar-refractivity contribution in [2.24, 2.45) is 0 Å². The van der Waals surface area contributed by atoms with Gasteiger partial charge in [-0.3, -0.25) is 0 Å². The van der Waals surface area contributed by atoms with Crippen LogP contribution in [0.15, 0.2) is 60.2 Å². The Morgan fingerprint density at radius 3 is 2.33 bits per heavy atom. The first-order valence-corrected chi connectivity index (χ1v) is 6.67. The second-order valence-electron chi connectivity index (χ2n) is 4.56. The van der Waals surface area contributed by atoms with Gasteiger partial charge in [-0.1, -0.05) is 23.7 Å². The largest absolute Gasteiger partial charge is 0.422 e. The Morgan fingerprint density at radius 1 is 1.00 bits per heavy atom. The molecule has 1 heterocycles. The number of hydrogen-bond donors (Lipinski definition) is 0. The lowest BCUT2D eigenvalue weighted by atomic mass is 10.1. The van der Waals surface area contributed by atoms with Crippen LogP contribution in [0.2, 0.25) is 5.02 Å². The minimum atomic E-state index is -0.427. The summed E-state index contributed by atoms with van der Waals surface area (Å²) in [4.78, 5) is 11.9. The maximum absolute atomic E-state index is 12.9. The van der Waals surface area contributed by atoms with Crippen LogP contribution in [0.4, 0.5) is 4.39 Å². The fourth-order valence-electron chi connectivity index (χ4n) is 1.98. The molecule has 2 nitrogen and oxygen atoms in total. The van der Waals surface area contributed by atoms with Crippen LogP contribution >= 0.6 is 11.6 Å². The third-order valence-corrected chi connectivity index (χ3v) is 3.30. The first kappa shape index (κ1) is 13.6. The van der Waals surface area contributed by atoms with Crippen molar-refractivity contribution in [3.63, 3.8) is 0 Å². The molecular formula is C17H10ClFO2. The zero-order valence-corrected chi connectivity index (χ0v) is 11.6. The summed E-state index contributed by atoms with van der Waals surface area (Å²) in [6.07, 6.45) is 3.36. The van der Waals surface area contributed by atoms with E-state index in [2.05, 4.69) is 0 Å². The molecule has 0 saturated carbocycles. The lowest BCUT2D eigenvalue weighted by Gasteiger charge is -2.00. The van der Waals surface area contributed by atoms with Gasteiger partial charge in [0.1, 0.15) is 11.6 Å². The summed E-state index contributed by atoms with van der Waals surface area (Å²) in [5, 5.41) is 0.633. The van der Waals surface area contributed by atoms with Gasteiger partial charge in [-0.15, -0.1) is 0 Å². The molecule has 0 spiro atoms. The van der Waals surface area contributed by atoms with E-state index in [0.29, 0.717) is 21.9 Å². The van der Waals surface area contributed by atoms with E-state index in [9.17, 15) is 9.18 Å². The first-order valence-electron chi connectivity index (χ1n) is 6.29. The highest BCUT2D eigenvalue weighted by Crippen LogP contribution is 2.27. The Kier molecular flexibility index (Phi) is 3.59. The lowest BCUT2D eigenvalue weighted by Crippen LogP contribution is -1.97. The molecule has 0 N–H and O–H groups in total. The van der Waals surface area contributed by atoms with Gasteiger partial charge in [0, 0.05) is 10.6 Å². The monoisotopic (exact) mass is 300 g/mol. The van der Waals surface area contributed by atoms with E-state index >= 15 is 0 Å². The molecule has 21 heavy (non-hydrogen) atoms. The standard InChI is InChI=1S/C17H10ClFO2/c18-14-5-1-11(2-6-14)9-13-10-16(21-17(13)20)12-3-7-15(19)8-4-12/h1-10H/b13-9+. The number of benzene rings is 2. The molecule has 4 heteroatoms. The maximum Gasteiger partial charge on any atom is 0.343 e. The van der Waals surface area contributed by atoms with Crippen molar-refractivity contribution in [1.82, 2.24) is 0 Å². The number of carbonyl (C=O) groups is 1. The van der Waals surface area contributed by atoms with Gasteiger partial charge in [0.25, 0.3) is 0 Å². The molecule has 0 bridgehead atoms. The molecule has 0 atom stereocenters. The predicted molar refractivity (Wildman–Crippen MR) is 79.9 cm³/mol. The van der Waals surface area contributed by atoms with Gasteiger partial charge in [-0.25, -0.2) is 9.18 Å². The molecule has 104 valence electrons. The molecule has 0 amide bonds. The van der Waals surface area contributed by atoms with E-state index in [1.807, 2.05) is 12.1 Å². The lowest BCUT2D eigenvalue weighted by molar-refractivity contribution is -0.130. The summed E-state index contributed by atoms with van der Waals surface area (Å²) in [5.74, 6) is -0.343. The molecule has 0 unspecified atom stereocenters. The van der Waals surface area contributed by atoms with Gasteiger partial charge in [-0.05, 0) is 54.1 Å². The van der Waals surface area contributed by atoms with Crippen LogP contribution < -0.4 is 0 Å². The molecule has 0 radical (unpaired) electrons. The highest BCUT2D eigenvalue weighted by molar-refractivity contribution is 6.30. The average molecular weight is 301 g/mol. The molecule has 1 aliphatic rings. The highest BCUT2D eigenvalue weighted by Gasteiger charge is 2.21. The van der Waals surface area contributed by atoms with E-state index < -0.39 is 5.97 Å². The molecule has 1 aliphatic heterocycles. The second-order valence-corrected chi connectivity index (χ2v) is 4.99. The number of cyclic esters (lactones) is 1. The molecule has 0 aromatic heterocycles. The summed E-state index contributed by atoms with van der Waals surface area (Å²) in [6.45, 7) is 0. The molecular weight excluding hydrogens is 291 g/mol. The van der Waals surface area contributed by atoms with Crippen LogP contribution in [-0.4, -0.2) is 5.97 Å². The van der Waals surface area contributed by atoms with Crippen molar-refractivity contribution in [2.45, 2.75) is 0 Å². The Balaban J connectivity index is 1.91. The van der Waals surface area contributed by atoms with Crippen LogP contribution in [0.1, 0.15) is 11.1 Å². The minimum Gasteiger partial charge on any atom is -0.422 e. The number of esters is 1. The molecule has 0 fully saturated rings. The minimum absolute atomic E-state index is 0.333. The Bertz CT molecular complexity index is 743. The van der Waals surface area contributed by atoms with Crippen molar-refractivity contribution in [2.75, 3.05) is 0 Å². The second kappa shape index (κ2) is 5.54. The Morgan fingerprint density at radius 2 is 1.67 bits per heavy atom. The number of carbonyl (C=O) groups excluding carboxylic acids is 1. The fraction of sp³-hybridized carbons (Fsp3) is 0. The average Bonchev–Trinajstić information content (AvgIpc) is 2.83. The smallest absolute Gasteiger partial charge is 0.343 e. The third kappa shape index (κ3) is 3.03. The van der Waals surface area contributed by atoms with Gasteiger partial charge in [0.05, 0.1) is 5.57 Å². The molecule has 3 rings (SSSR count). The number of rotatable bonds is 2. The van der Waals surface area contributed by atoms with Crippen molar-refractivity contribution in [3.8, 4) is 0 Å². The SMILES string of the molecule is O=C1OC(c2ccc(F)cc2)=C/C1=C\c1ccc(Cl)cc1. The van der Waals surface area contributed by atoms with Crippen LogP contribution in [0.5, 0.6) is 0 Å². The van der Waals surface area contributed by atoms with Gasteiger partial charge in [0.15, 0.2) is 0 Å². The van der Waals surface area contributed by atoms with Gasteiger partial charge >= 0.3 is 5.97 Å². The highest BCUT2D eigenvalue weighted by atomic mass is 35.5. The number of halogens is 2. The summed E-state index contributed by atoms with van der Waals surface area (Å²) in [6, 6.07) is 12.9. The number of hydrogen-bond acceptors (Lipinski definition) is 2. The van der Waals surface area contributed by atoms with Crippen LogP contribution in [0.3, 0.4) is 0 Å². The van der Waals surface area contributed by atoms with E-state index in [4.69, 9.17) is 16.3 Å². The summed E-state index contributed by atoms with van der Waals surface area (Å²) in [5.41, 5.74) is 1.95. The molecule has 0 saturated heterocycles. The van der Waals surface area contributed by atoms with Crippen molar-refractivity contribution in [3.05, 3.63) is 82.1 Å². The molecule has 0 aliphatic carbocycles. The van der Waals surface area contributed by atoms with Crippen molar-refractivity contribution >= 4 is 29.4 Å². The van der Waals surface area contributed by atoms with Crippen LogP contribution in [0, 0.1) is 5.82 Å². The van der Waals surface area contributed by atoms with E-state index in [-0.39, 0.29) is 5.82 Å². The van der Waals surface area contributed by atoms with Gasteiger partial charge in [0.2, 0.25) is 0 Å². The van der Waals surface area contributed by atoms with E-state index in [1.165, 1.54) is 12.1 Å². The Labute approximate surface area is 126 Å².